The molecular weight excluding hydrogens is 282 g/mol. The molecule has 1 unspecified atom stereocenters. The molecule has 2 aromatic carbocycles. The Morgan fingerprint density at radius 1 is 1.00 bits per heavy atom. The number of rotatable bonds is 1. The number of nitrogens with one attached hydrogen (secondary N) is 1. The van der Waals surface area contributed by atoms with Gasteiger partial charge in [-0.2, -0.15) is 0 Å². The number of benzene rings is 2. The van der Waals surface area contributed by atoms with E-state index in [2.05, 4.69) is 61.3 Å². The van der Waals surface area contributed by atoms with Crippen LogP contribution in [0.3, 0.4) is 0 Å². The van der Waals surface area contributed by atoms with E-state index in [1.165, 1.54) is 22.3 Å². The van der Waals surface area contributed by atoms with Crippen LogP contribution in [0.5, 0.6) is 0 Å². The number of hydrogen-bond acceptors (Lipinski definition) is 1. The SMILES string of the molecule is Cc1ccc(-c2[nH]c(=O)cc3c2CC(C)c2ccccc2-3)cc1. The summed E-state index contributed by atoms with van der Waals surface area (Å²) in [4.78, 5) is 15.3. The van der Waals surface area contributed by atoms with Crippen LogP contribution < -0.4 is 5.56 Å². The van der Waals surface area contributed by atoms with Crippen molar-refractivity contribution >= 4 is 0 Å². The highest BCUT2D eigenvalue weighted by atomic mass is 16.1. The molecule has 4 rings (SSSR count). The predicted octanol–water partition coefficient (Wildman–Crippen LogP) is 4.68. The van der Waals surface area contributed by atoms with Gasteiger partial charge in [-0.25, -0.2) is 0 Å². The Morgan fingerprint density at radius 2 is 1.74 bits per heavy atom. The summed E-state index contributed by atoms with van der Waals surface area (Å²) in [5.41, 5.74) is 8.09. The average Bonchev–Trinajstić information content (AvgIpc) is 2.56. The van der Waals surface area contributed by atoms with E-state index in [1.54, 1.807) is 6.07 Å². The Balaban J connectivity index is 2.00. The molecule has 114 valence electrons. The molecule has 0 amide bonds. The van der Waals surface area contributed by atoms with Gasteiger partial charge in [0.2, 0.25) is 5.56 Å². The average molecular weight is 301 g/mol. The molecule has 1 heterocycles. The molecule has 0 fully saturated rings. The highest BCUT2D eigenvalue weighted by Gasteiger charge is 2.24. The van der Waals surface area contributed by atoms with Crippen LogP contribution in [-0.2, 0) is 6.42 Å². The smallest absolute Gasteiger partial charge is 0.249 e. The molecular formula is C21H19NO. The molecule has 0 aliphatic heterocycles. The van der Waals surface area contributed by atoms with Crippen LogP contribution in [0.4, 0.5) is 0 Å². The summed E-state index contributed by atoms with van der Waals surface area (Å²) in [7, 11) is 0. The third kappa shape index (κ3) is 2.31. The van der Waals surface area contributed by atoms with Crippen molar-refractivity contribution in [2.45, 2.75) is 26.2 Å². The Morgan fingerprint density at radius 3 is 2.52 bits per heavy atom. The topological polar surface area (TPSA) is 32.9 Å². The highest BCUT2D eigenvalue weighted by molar-refractivity contribution is 5.80. The lowest BCUT2D eigenvalue weighted by atomic mass is 9.78. The van der Waals surface area contributed by atoms with E-state index in [0.29, 0.717) is 5.92 Å². The van der Waals surface area contributed by atoms with Gasteiger partial charge in [-0.1, -0.05) is 61.0 Å². The minimum atomic E-state index is -0.0383. The molecule has 1 N–H and O–H groups in total. The molecule has 23 heavy (non-hydrogen) atoms. The van der Waals surface area contributed by atoms with E-state index >= 15 is 0 Å². The van der Waals surface area contributed by atoms with E-state index < -0.39 is 0 Å². The number of aromatic amines is 1. The second-order valence-corrected chi connectivity index (χ2v) is 6.46. The Bertz CT molecular complexity index is 935. The van der Waals surface area contributed by atoms with Gasteiger partial charge in [0.25, 0.3) is 0 Å². The fourth-order valence-electron chi connectivity index (χ4n) is 3.59. The van der Waals surface area contributed by atoms with Crippen molar-refractivity contribution < 1.29 is 0 Å². The molecule has 0 radical (unpaired) electrons. The molecule has 0 saturated carbocycles. The van der Waals surface area contributed by atoms with Gasteiger partial charge >= 0.3 is 0 Å². The third-order valence-corrected chi connectivity index (χ3v) is 4.78. The van der Waals surface area contributed by atoms with Crippen LogP contribution in [0.15, 0.2) is 59.4 Å². The van der Waals surface area contributed by atoms with Crippen LogP contribution in [0.2, 0.25) is 0 Å². The zero-order valence-electron chi connectivity index (χ0n) is 13.4. The zero-order valence-corrected chi connectivity index (χ0v) is 13.4. The summed E-state index contributed by atoms with van der Waals surface area (Å²) < 4.78 is 0. The molecule has 0 spiro atoms. The normalized spacial score (nSPS) is 15.8. The van der Waals surface area contributed by atoms with Crippen LogP contribution >= 0.6 is 0 Å². The third-order valence-electron chi connectivity index (χ3n) is 4.78. The number of aromatic nitrogens is 1. The lowest BCUT2D eigenvalue weighted by molar-refractivity contribution is 0.747. The Labute approximate surface area is 135 Å². The van der Waals surface area contributed by atoms with Crippen LogP contribution in [0.25, 0.3) is 22.4 Å². The summed E-state index contributed by atoms with van der Waals surface area (Å²) in [5.74, 6) is 0.453. The first-order chi connectivity index (χ1) is 11.1. The fourth-order valence-corrected chi connectivity index (χ4v) is 3.59. The second-order valence-electron chi connectivity index (χ2n) is 6.46. The number of fused-ring (bicyclic) bond motifs is 3. The Kier molecular flexibility index (Phi) is 3.19. The van der Waals surface area contributed by atoms with Gasteiger partial charge in [0.1, 0.15) is 0 Å². The number of hydrogen-bond donors (Lipinski definition) is 1. The van der Waals surface area contributed by atoms with Crippen LogP contribution in [0.1, 0.15) is 29.5 Å². The van der Waals surface area contributed by atoms with Gasteiger partial charge in [0.05, 0.1) is 5.69 Å². The molecule has 0 saturated heterocycles. The first-order valence-corrected chi connectivity index (χ1v) is 8.06. The molecule has 1 atom stereocenters. The molecule has 1 aromatic heterocycles. The van der Waals surface area contributed by atoms with Gasteiger partial charge in [-0.05, 0) is 47.1 Å². The quantitative estimate of drug-likeness (QED) is 0.695. The molecule has 2 heteroatoms. The Hall–Kier alpha value is -2.61. The van der Waals surface area contributed by atoms with Crippen molar-refractivity contribution in [1.82, 2.24) is 4.98 Å². The van der Waals surface area contributed by atoms with Crippen molar-refractivity contribution in [2.75, 3.05) is 0 Å². The van der Waals surface area contributed by atoms with E-state index in [-0.39, 0.29) is 5.56 Å². The first kappa shape index (κ1) is 14.0. The van der Waals surface area contributed by atoms with Gasteiger partial charge < -0.3 is 4.98 Å². The van der Waals surface area contributed by atoms with Crippen LogP contribution in [-0.4, -0.2) is 4.98 Å². The molecule has 0 bridgehead atoms. The fraction of sp³-hybridized carbons (Fsp3) is 0.190. The number of aryl methyl sites for hydroxylation is 1. The zero-order chi connectivity index (χ0) is 16.0. The summed E-state index contributed by atoms with van der Waals surface area (Å²) in [6.45, 7) is 4.33. The predicted molar refractivity (Wildman–Crippen MR) is 94.8 cm³/mol. The van der Waals surface area contributed by atoms with Crippen molar-refractivity contribution in [3.05, 3.63) is 81.6 Å². The molecule has 1 aliphatic rings. The minimum absolute atomic E-state index is 0.0383. The van der Waals surface area contributed by atoms with Crippen molar-refractivity contribution in [3.63, 3.8) is 0 Å². The van der Waals surface area contributed by atoms with E-state index in [1.807, 2.05) is 6.07 Å². The summed E-state index contributed by atoms with van der Waals surface area (Å²) in [6, 6.07) is 18.5. The number of H-pyrrole nitrogens is 1. The molecule has 1 aliphatic carbocycles. The highest BCUT2D eigenvalue weighted by Crippen LogP contribution is 2.41. The van der Waals surface area contributed by atoms with Crippen LogP contribution in [0, 0.1) is 6.92 Å². The standard InChI is InChI=1S/C21H19NO/c1-13-7-9-15(10-8-13)21-19-11-14(2)16-5-3-4-6-17(16)18(19)12-20(23)22-21/h3-10,12,14H,11H2,1-2H3,(H,22,23). The van der Waals surface area contributed by atoms with Crippen molar-refractivity contribution in [1.29, 1.82) is 0 Å². The van der Waals surface area contributed by atoms with Crippen molar-refractivity contribution in [3.8, 4) is 22.4 Å². The maximum absolute atomic E-state index is 12.2. The second kappa shape index (κ2) is 5.24. The van der Waals surface area contributed by atoms with Gasteiger partial charge in [0.15, 0.2) is 0 Å². The monoisotopic (exact) mass is 301 g/mol. The lowest BCUT2D eigenvalue weighted by Gasteiger charge is -2.27. The summed E-state index contributed by atoms with van der Waals surface area (Å²) >= 11 is 0. The number of pyridine rings is 1. The minimum Gasteiger partial charge on any atom is -0.322 e. The van der Waals surface area contributed by atoms with E-state index in [9.17, 15) is 4.79 Å². The maximum atomic E-state index is 12.2. The first-order valence-electron chi connectivity index (χ1n) is 8.06. The van der Waals surface area contributed by atoms with Crippen molar-refractivity contribution in [2.24, 2.45) is 0 Å². The molecule has 3 aromatic rings. The van der Waals surface area contributed by atoms with E-state index in [0.717, 1.165) is 23.2 Å². The molecule has 2 nitrogen and oxygen atoms in total. The lowest BCUT2D eigenvalue weighted by Crippen LogP contribution is -2.16. The van der Waals surface area contributed by atoms with E-state index in [4.69, 9.17) is 0 Å². The summed E-state index contributed by atoms with van der Waals surface area (Å²) in [5, 5.41) is 0. The maximum Gasteiger partial charge on any atom is 0.249 e. The summed E-state index contributed by atoms with van der Waals surface area (Å²) in [6.07, 6.45) is 0.951. The largest absolute Gasteiger partial charge is 0.322 e. The van der Waals surface area contributed by atoms with Gasteiger partial charge in [-0.3, -0.25) is 4.79 Å². The van der Waals surface area contributed by atoms with Gasteiger partial charge in [0, 0.05) is 6.07 Å². The van der Waals surface area contributed by atoms with Gasteiger partial charge in [-0.15, -0.1) is 0 Å².